The Labute approximate surface area is 312 Å². The first-order chi connectivity index (χ1) is 26.3. The maximum atomic E-state index is 6.25. The van der Waals surface area contributed by atoms with E-state index in [4.69, 9.17) is 4.42 Å². The van der Waals surface area contributed by atoms with Crippen LogP contribution in [0.5, 0.6) is 0 Å². The van der Waals surface area contributed by atoms with E-state index in [-0.39, 0.29) is 0 Å². The predicted octanol–water partition coefficient (Wildman–Crippen LogP) is 15.6. The third-order valence-corrected chi connectivity index (χ3v) is 13.5. The quantitative estimate of drug-likeness (QED) is 0.167. The third kappa shape index (κ3) is 4.18. The zero-order chi connectivity index (χ0) is 34.6. The Hall–Kier alpha value is -6.26. The van der Waals surface area contributed by atoms with Gasteiger partial charge in [0.25, 0.3) is 0 Å². The van der Waals surface area contributed by atoms with Gasteiger partial charge < -0.3 is 4.42 Å². The van der Waals surface area contributed by atoms with Crippen molar-refractivity contribution in [2.45, 2.75) is 0 Å². The summed E-state index contributed by atoms with van der Waals surface area (Å²) in [6.45, 7) is 0. The van der Waals surface area contributed by atoms with Gasteiger partial charge in [0.05, 0.1) is 0 Å². The van der Waals surface area contributed by atoms with Gasteiger partial charge >= 0.3 is 0 Å². The minimum Gasteiger partial charge on any atom is -0.456 e. The van der Waals surface area contributed by atoms with Crippen molar-refractivity contribution in [3.05, 3.63) is 170 Å². The molecule has 246 valence electrons. The summed E-state index contributed by atoms with van der Waals surface area (Å²) in [5.74, 6) is 0. The lowest BCUT2D eigenvalue weighted by Crippen LogP contribution is -1.91. The van der Waals surface area contributed by atoms with Crippen LogP contribution in [-0.4, -0.2) is 0 Å². The van der Waals surface area contributed by atoms with Gasteiger partial charge in [-0.2, -0.15) is 0 Å². The molecular formula is C50H28OS2. The van der Waals surface area contributed by atoms with E-state index >= 15 is 0 Å². The highest BCUT2D eigenvalue weighted by molar-refractivity contribution is 7.28. The molecule has 0 aliphatic rings. The molecular weight excluding hydrogens is 681 g/mol. The molecule has 9 aromatic carbocycles. The number of benzene rings is 9. The van der Waals surface area contributed by atoms with Gasteiger partial charge in [0.1, 0.15) is 11.2 Å². The van der Waals surface area contributed by atoms with E-state index in [2.05, 4.69) is 164 Å². The van der Waals surface area contributed by atoms with Gasteiger partial charge in [0, 0.05) is 51.5 Å². The van der Waals surface area contributed by atoms with Crippen molar-refractivity contribution in [1.82, 2.24) is 0 Å². The van der Waals surface area contributed by atoms with Crippen molar-refractivity contribution in [2.75, 3.05) is 0 Å². The number of para-hydroxylation sites is 1. The molecule has 0 N–H and O–H groups in total. The topological polar surface area (TPSA) is 13.1 Å². The van der Waals surface area contributed by atoms with Crippen molar-refractivity contribution < 1.29 is 4.42 Å². The van der Waals surface area contributed by atoms with Crippen LogP contribution in [0.2, 0.25) is 0 Å². The summed E-state index contributed by atoms with van der Waals surface area (Å²) in [4.78, 5) is 1.31. The summed E-state index contributed by atoms with van der Waals surface area (Å²) >= 11 is 3.83. The molecule has 0 aliphatic carbocycles. The first-order valence-electron chi connectivity index (χ1n) is 18.0. The molecule has 0 aliphatic heterocycles. The summed E-state index contributed by atoms with van der Waals surface area (Å²) in [6, 6.07) is 62.3. The number of fused-ring (bicyclic) bond motifs is 12. The highest BCUT2D eigenvalue weighted by Gasteiger charge is 2.24. The molecule has 0 bridgehead atoms. The van der Waals surface area contributed by atoms with Crippen LogP contribution in [0, 0.1) is 0 Å². The van der Waals surface area contributed by atoms with Crippen molar-refractivity contribution in [1.29, 1.82) is 0 Å². The second kappa shape index (κ2) is 11.1. The average Bonchev–Trinajstić information content (AvgIpc) is 3.91. The zero-order valence-electron chi connectivity index (χ0n) is 28.4. The van der Waals surface area contributed by atoms with Gasteiger partial charge in [0.15, 0.2) is 0 Å². The smallest absolute Gasteiger partial charge is 0.136 e. The van der Waals surface area contributed by atoms with Crippen LogP contribution in [-0.2, 0) is 0 Å². The summed E-state index contributed by atoms with van der Waals surface area (Å²) in [7, 11) is 0. The van der Waals surface area contributed by atoms with E-state index < -0.39 is 0 Å². The number of thiophene rings is 2. The molecule has 3 heteroatoms. The van der Waals surface area contributed by atoms with Crippen LogP contribution in [0.25, 0.3) is 117 Å². The number of furan rings is 1. The SMILES string of the molecule is c1ccc(-c2sc3c(ccc4sc5ccccc5c43)c2-c2c3ccccc3c(-c3ccc4c(ccc5oc6ccccc6c54)c3)c3ccccc23)cc1. The normalized spacial score (nSPS) is 12.2. The summed E-state index contributed by atoms with van der Waals surface area (Å²) in [5, 5.41) is 13.8. The van der Waals surface area contributed by atoms with Crippen molar-refractivity contribution in [2.24, 2.45) is 0 Å². The van der Waals surface area contributed by atoms with Crippen molar-refractivity contribution in [3.8, 4) is 32.7 Å². The van der Waals surface area contributed by atoms with E-state index in [1.807, 2.05) is 28.7 Å². The lowest BCUT2D eigenvalue weighted by atomic mass is 9.84. The molecule has 3 aromatic heterocycles. The first-order valence-corrected chi connectivity index (χ1v) is 19.6. The third-order valence-electron chi connectivity index (χ3n) is 11.1. The van der Waals surface area contributed by atoms with Gasteiger partial charge in [0.2, 0.25) is 0 Å². The summed E-state index contributed by atoms with van der Waals surface area (Å²) < 4.78 is 10.3. The standard InChI is InChI=1S/C50H28OS2/c1-2-12-29(13-3-1)49-48(39-25-27-43-47(50(39)53-49)38-19-9-11-21-42(38)52-43)46-35-16-6-4-14-33(35)44(34-15-5-7-17-36(34)46)31-22-24-32-30(28-31)23-26-41-45(32)37-18-8-10-20-40(37)51-41/h1-28H. The van der Waals surface area contributed by atoms with Crippen LogP contribution < -0.4 is 0 Å². The fraction of sp³-hybridized carbons (Fsp3) is 0. The molecule has 0 radical (unpaired) electrons. The number of hydrogen-bond acceptors (Lipinski definition) is 3. The van der Waals surface area contributed by atoms with E-state index in [0.717, 1.165) is 16.6 Å². The molecule has 0 saturated heterocycles. The molecule has 12 aromatic rings. The Morgan fingerprint density at radius 2 is 0.981 bits per heavy atom. The fourth-order valence-electron chi connectivity index (χ4n) is 8.82. The van der Waals surface area contributed by atoms with E-state index in [9.17, 15) is 0 Å². The highest BCUT2D eigenvalue weighted by atomic mass is 32.1. The Morgan fingerprint density at radius 1 is 0.340 bits per heavy atom. The molecule has 53 heavy (non-hydrogen) atoms. The van der Waals surface area contributed by atoms with Crippen LogP contribution >= 0.6 is 22.7 Å². The minimum atomic E-state index is 0.926. The van der Waals surface area contributed by atoms with Gasteiger partial charge in [-0.1, -0.05) is 140 Å². The minimum absolute atomic E-state index is 0.926. The number of rotatable bonds is 3. The Kier molecular flexibility index (Phi) is 6.15. The van der Waals surface area contributed by atoms with Crippen molar-refractivity contribution >= 4 is 107 Å². The monoisotopic (exact) mass is 708 g/mol. The lowest BCUT2D eigenvalue weighted by molar-refractivity contribution is 0.669. The summed E-state index contributed by atoms with van der Waals surface area (Å²) in [6.07, 6.45) is 0. The predicted molar refractivity (Wildman–Crippen MR) is 231 cm³/mol. The second-order valence-electron chi connectivity index (χ2n) is 13.9. The van der Waals surface area contributed by atoms with Crippen LogP contribution in [0.15, 0.2) is 174 Å². The average molecular weight is 709 g/mol. The molecule has 0 spiro atoms. The van der Waals surface area contributed by atoms with Crippen molar-refractivity contribution in [3.63, 3.8) is 0 Å². The maximum Gasteiger partial charge on any atom is 0.136 e. The van der Waals surface area contributed by atoms with E-state index in [1.54, 1.807) is 0 Å². The molecule has 12 rings (SSSR count). The fourth-order valence-corrected chi connectivity index (χ4v) is 11.4. The number of hydrogen-bond donors (Lipinski definition) is 0. The lowest BCUT2D eigenvalue weighted by Gasteiger charge is -2.19. The summed E-state index contributed by atoms with van der Waals surface area (Å²) in [5.41, 5.74) is 8.21. The first kappa shape index (κ1) is 29.3. The van der Waals surface area contributed by atoms with Gasteiger partial charge in [-0.3, -0.25) is 0 Å². The highest BCUT2D eigenvalue weighted by Crippen LogP contribution is 2.54. The van der Waals surface area contributed by atoms with Gasteiger partial charge in [-0.05, 0) is 84.9 Å². The van der Waals surface area contributed by atoms with Crippen LogP contribution in [0.4, 0.5) is 0 Å². The maximum absolute atomic E-state index is 6.25. The zero-order valence-corrected chi connectivity index (χ0v) is 30.0. The Morgan fingerprint density at radius 3 is 1.75 bits per heavy atom. The van der Waals surface area contributed by atoms with Gasteiger partial charge in [-0.25, -0.2) is 0 Å². The molecule has 0 amide bonds. The van der Waals surface area contributed by atoms with Crippen LogP contribution in [0.3, 0.4) is 0 Å². The van der Waals surface area contributed by atoms with E-state index in [0.29, 0.717) is 0 Å². The molecule has 3 heterocycles. The molecule has 0 unspecified atom stereocenters. The van der Waals surface area contributed by atoms with Gasteiger partial charge in [-0.15, -0.1) is 22.7 Å². The largest absolute Gasteiger partial charge is 0.456 e. The molecule has 0 atom stereocenters. The van der Waals surface area contributed by atoms with Crippen LogP contribution in [0.1, 0.15) is 0 Å². The molecule has 0 fully saturated rings. The molecule has 0 saturated carbocycles. The molecule has 1 nitrogen and oxygen atoms in total. The second-order valence-corrected chi connectivity index (χ2v) is 16.0. The Balaban J connectivity index is 1.19. The Bertz CT molecular complexity index is 3390. The van der Waals surface area contributed by atoms with E-state index in [1.165, 1.54) is 101 Å².